The lowest BCUT2D eigenvalue weighted by Crippen LogP contribution is -2.09. The molecule has 1 heterocycles. The summed E-state index contributed by atoms with van der Waals surface area (Å²) in [6, 6.07) is 15.4. The SMILES string of the molecule is Clc1ccc(C2=NN=C(c3ccc(Cl)cc3)CSSC2)cc1. The molecular weight excluding hydrogens is 355 g/mol. The molecule has 2 aromatic carbocycles. The lowest BCUT2D eigenvalue weighted by atomic mass is 10.1. The van der Waals surface area contributed by atoms with Crippen LogP contribution in [-0.2, 0) is 0 Å². The van der Waals surface area contributed by atoms with E-state index in [4.69, 9.17) is 23.2 Å². The van der Waals surface area contributed by atoms with Gasteiger partial charge in [-0.05, 0) is 35.4 Å². The molecule has 0 radical (unpaired) electrons. The number of benzene rings is 2. The van der Waals surface area contributed by atoms with Gasteiger partial charge in [0.1, 0.15) is 0 Å². The van der Waals surface area contributed by atoms with E-state index in [9.17, 15) is 0 Å². The third kappa shape index (κ3) is 4.07. The predicted molar refractivity (Wildman–Crippen MR) is 101 cm³/mol. The fraction of sp³-hybridized carbons (Fsp3) is 0.125. The Morgan fingerprint density at radius 2 is 1.00 bits per heavy atom. The van der Waals surface area contributed by atoms with Crippen molar-refractivity contribution >= 4 is 56.2 Å². The lowest BCUT2D eigenvalue weighted by molar-refractivity contribution is 1.22. The maximum absolute atomic E-state index is 5.94. The Morgan fingerprint density at radius 3 is 1.36 bits per heavy atom. The molecule has 0 amide bonds. The fourth-order valence-electron chi connectivity index (χ4n) is 1.94. The molecule has 2 nitrogen and oxygen atoms in total. The summed E-state index contributed by atoms with van der Waals surface area (Å²) >= 11 is 11.9. The van der Waals surface area contributed by atoms with Gasteiger partial charge in [0.25, 0.3) is 0 Å². The lowest BCUT2D eigenvalue weighted by Gasteiger charge is -2.11. The van der Waals surface area contributed by atoms with E-state index in [0.29, 0.717) is 0 Å². The molecule has 0 unspecified atom stereocenters. The van der Waals surface area contributed by atoms with Crippen molar-refractivity contribution in [1.29, 1.82) is 0 Å². The first-order valence-corrected chi connectivity index (χ1v) is 9.86. The van der Waals surface area contributed by atoms with Crippen molar-refractivity contribution in [3.05, 3.63) is 69.7 Å². The second-order valence-electron chi connectivity index (χ2n) is 4.63. The summed E-state index contributed by atoms with van der Waals surface area (Å²) in [6.45, 7) is 0. The molecule has 0 aromatic heterocycles. The zero-order chi connectivity index (χ0) is 15.4. The molecule has 0 saturated carbocycles. The van der Waals surface area contributed by atoms with Crippen molar-refractivity contribution in [2.24, 2.45) is 10.2 Å². The molecule has 0 atom stereocenters. The van der Waals surface area contributed by atoms with Crippen LogP contribution < -0.4 is 0 Å². The molecule has 0 saturated heterocycles. The van der Waals surface area contributed by atoms with Crippen molar-refractivity contribution in [2.45, 2.75) is 0 Å². The van der Waals surface area contributed by atoms with Gasteiger partial charge in [0.2, 0.25) is 0 Å². The summed E-state index contributed by atoms with van der Waals surface area (Å²) in [4.78, 5) is 0. The summed E-state index contributed by atoms with van der Waals surface area (Å²) in [7, 11) is 3.57. The second kappa shape index (κ2) is 7.55. The Kier molecular flexibility index (Phi) is 5.47. The van der Waals surface area contributed by atoms with Crippen LogP contribution in [0.4, 0.5) is 0 Å². The Morgan fingerprint density at radius 1 is 0.636 bits per heavy atom. The quantitative estimate of drug-likeness (QED) is 0.647. The number of halogens is 2. The molecule has 0 fully saturated rings. The molecule has 22 heavy (non-hydrogen) atoms. The number of hydrogen-bond donors (Lipinski definition) is 0. The van der Waals surface area contributed by atoms with Crippen LogP contribution in [0.3, 0.4) is 0 Å². The van der Waals surface area contributed by atoms with Gasteiger partial charge in [-0.15, -0.1) is 0 Å². The fourth-order valence-corrected chi connectivity index (χ4v) is 4.20. The van der Waals surface area contributed by atoms with E-state index >= 15 is 0 Å². The maximum Gasteiger partial charge on any atom is 0.0810 e. The maximum atomic E-state index is 5.94. The molecule has 2 aromatic rings. The van der Waals surface area contributed by atoms with E-state index in [1.54, 1.807) is 21.6 Å². The van der Waals surface area contributed by atoms with Crippen LogP contribution in [0, 0.1) is 0 Å². The molecule has 0 spiro atoms. The summed E-state index contributed by atoms with van der Waals surface area (Å²) in [6.07, 6.45) is 0. The van der Waals surface area contributed by atoms with Gasteiger partial charge in [-0.25, -0.2) is 0 Å². The summed E-state index contributed by atoms with van der Waals surface area (Å²) in [5.41, 5.74) is 4.03. The minimum absolute atomic E-state index is 0.725. The first kappa shape index (κ1) is 15.9. The first-order chi connectivity index (χ1) is 10.7. The van der Waals surface area contributed by atoms with Crippen LogP contribution in [0.1, 0.15) is 11.1 Å². The van der Waals surface area contributed by atoms with Gasteiger partial charge in [0.15, 0.2) is 0 Å². The zero-order valence-corrected chi connectivity index (χ0v) is 14.6. The van der Waals surface area contributed by atoms with Crippen molar-refractivity contribution in [3.63, 3.8) is 0 Å². The minimum atomic E-state index is 0.725. The Labute approximate surface area is 147 Å². The van der Waals surface area contributed by atoms with Crippen LogP contribution in [0.25, 0.3) is 0 Å². The summed E-state index contributed by atoms with van der Waals surface area (Å²) in [5, 5.41) is 10.4. The average Bonchev–Trinajstić information content (AvgIpc) is 2.50. The van der Waals surface area contributed by atoms with E-state index in [2.05, 4.69) is 10.2 Å². The van der Waals surface area contributed by atoms with Crippen molar-refractivity contribution in [3.8, 4) is 0 Å². The zero-order valence-electron chi connectivity index (χ0n) is 11.5. The highest BCUT2D eigenvalue weighted by atomic mass is 35.5. The molecule has 3 rings (SSSR count). The Hall–Kier alpha value is -0.940. The molecule has 0 bridgehead atoms. The number of nitrogens with zero attached hydrogens (tertiary/aromatic N) is 2. The standard InChI is InChI=1S/C16H12Cl2N2S2/c17-13-5-1-11(2-6-13)15-9-21-22-10-16(20-19-15)12-3-7-14(18)8-4-12/h1-8H,9-10H2. The minimum Gasteiger partial charge on any atom is -0.154 e. The summed E-state index contributed by atoms with van der Waals surface area (Å²) in [5.74, 6) is 1.65. The van der Waals surface area contributed by atoms with Gasteiger partial charge >= 0.3 is 0 Å². The predicted octanol–water partition coefficient (Wildman–Crippen LogP) is 5.58. The Balaban J connectivity index is 1.92. The topological polar surface area (TPSA) is 24.7 Å². The first-order valence-electron chi connectivity index (χ1n) is 6.62. The van der Waals surface area contributed by atoms with Crippen LogP contribution in [0.15, 0.2) is 58.7 Å². The normalized spacial score (nSPS) is 15.5. The highest BCUT2D eigenvalue weighted by Gasteiger charge is 2.11. The van der Waals surface area contributed by atoms with Crippen LogP contribution in [0.2, 0.25) is 10.0 Å². The van der Waals surface area contributed by atoms with E-state index in [1.165, 1.54) is 0 Å². The van der Waals surface area contributed by atoms with Crippen LogP contribution >= 0.6 is 44.8 Å². The van der Waals surface area contributed by atoms with Gasteiger partial charge in [-0.2, -0.15) is 10.2 Å². The van der Waals surface area contributed by atoms with Gasteiger partial charge in [0.05, 0.1) is 11.4 Å². The van der Waals surface area contributed by atoms with Crippen molar-refractivity contribution in [1.82, 2.24) is 0 Å². The molecule has 1 aliphatic rings. The third-order valence-corrected chi connectivity index (χ3v) is 5.78. The molecule has 0 N–H and O–H groups in total. The highest BCUT2D eigenvalue weighted by molar-refractivity contribution is 8.77. The third-order valence-electron chi connectivity index (χ3n) is 3.12. The summed E-state index contributed by atoms with van der Waals surface area (Å²) < 4.78 is 0. The van der Waals surface area contributed by atoms with Gasteiger partial charge in [-0.1, -0.05) is 69.1 Å². The molecule has 6 heteroatoms. The van der Waals surface area contributed by atoms with E-state index in [-0.39, 0.29) is 0 Å². The van der Waals surface area contributed by atoms with E-state index < -0.39 is 0 Å². The van der Waals surface area contributed by atoms with Crippen LogP contribution in [0.5, 0.6) is 0 Å². The van der Waals surface area contributed by atoms with Gasteiger partial charge in [-0.3, -0.25) is 0 Å². The highest BCUT2D eigenvalue weighted by Crippen LogP contribution is 2.26. The largest absolute Gasteiger partial charge is 0.154 e. The van der Waals surface area contributed by atoms with Gasteiger partial charge < -0.3 is 0 Å². The average molecular weight is 367 g/mol. The molecule has 112 valence electrons. The van der Waals surface area contributed by atoms with Crippen molar-refractivity contribution in [2.75, 3.05) is 11.5 Å². The molecule has 1 aliphatic heterocycles. The van der Waals surface area contributed by atoms with E-state index in [0.717, 1.165) is 44.1 Å². The Bertz CT molecular complexity index is 646. The smallest absolute Gasteiger partial charge is 0.0810 e. The molecular formula is C16H12Cl2N2S2. The van der Waals surface area contributed by atoms with Crippen LogP contribution in [-0.4, -0.2) is 22.9 Å². The number of hydrogen-bond acceptors (Lipinski definition) is 4. The monoisotopic (exact) mass is 366 g/mol. The molecule has 0 aliphatic carbocycles. The van der Waals surface area contributed by atoms with E-state index in [1.807, 2.05) is 48.5 Å². The van der Waals surface area contributed by atoms with Gasteiger partial charge in [0, 0.05) is 21.6 Å². The second-order valence-corrected chi connectivity index (χ2v) is 7.97. The number of rotatable bonds is 2. The van der Waals surface area contributed by atoms with Crippen molar-refractivity contribution < 1.29 is 0 Å².